The number of benzene rings is 1. The van der Waals surface area contributed by atoms with Crippen LogP contribution >= 0.6 is 0 Å². The molecule has 1 N–H and O–H groups in total. The average Bonchev–Trinajstić information content (AvgIpc) is 2.46. The molecular formula is C17H28N2O2. The normalized spacial score (nSPS) is 20.9. The topological polar surface area (TPSA) is 35.9 Å². The van der Waals surface area contributed by atoms with Crippen LogP contribution in [0.4, 0.5) is 0 Å². The van der Waals surface area contributed by atoms with E-state index in [9.17, 15) is 0 Å². The van der Waals surface area contributed by atoms with Gasteiger partial charge in [-0.25, -0.2) is 0 Å². The molecule has 1 aliphatic heterocycles. The number of nitrogens with zero attached hydrogens (tertiary/aromatic N) is 2. The average molecular weight is 292 g/mol. The van der Waals surface area contributed by atoms with Gasteiger partial charge in [0.2, 0.25) is 0 Å². The minimum atomic E-state index is 0.0540. The first-order valence-electron chi connectivity index (χ1n) is 7.91. The van der Waals surface area contributed by atoms with E-state index in [1.165, 1.54) is 5.56 Å². The highest BCUT2D eigenvalue weighted by molar-refractivity contribution is 5.33. The smallest absolute Gasteiger partial charge is 0.123 e. The summed E-state index contributed by atoms with van der Waals surface area (Å²) in [5.41, 5.74) is 1.20. The molecular weight excluding hydrogens is 264 g/mol. The third-order valence-electron chi connectivity index (χ3n) is 4.14. The Balaban J connectivity index is 1.96. The van der Waals surface area contributed by atoms with Crippen molar-refractivity contribution in [2.24, 2.45) is 0 Å². The molecule has 118 valence electrons. The number of ether oxygens (including phenoxy) is 1. The third-order valence-corrected chi connectivity index (χ3v) is 4.14. The maximum Gasteiger partial charge on any atom is 0.123 e. The zero-order valence-electron chi connectivity index (χ0n) is 13.5. The monoisotopic (exact) mass is 292 g/mol. The number of rotatable bonds is 6. The van der Waals surface area contributed by atoms with E-state index in [1.54, 1.807) is 0 Å². The van der Waals surface area contributed by atoms with Crippen LogP contribution < -0.4 is 4.74 Å². The molecule has 1 aromatic carbocycles. The number of hydrogen-bond donors (Lipinski definition) is 1. The molecule has 4 heteroatoms. The van der Waals surface area contributed by atoms with E-state index in [-0.39, 0.29) is 6.61 Å². The summed E-state index contributed by atoms with van der Waals surface area (Å²) in [6.07, 6.45) is 0. The molecule has 1 aromatic rings. The zero-order chi connectivity index (χ0) is 15.2. The molecule has 1 atom stereocenters. The molecule has 0 radical (unpaired) electrons. The van der Waals surface area contributed by atoms with Crippen molar-refractivity contribution in [2.45, 2.75) is 39.4 Å². The highest BCUT2D eigenvalue weighted by atomic mass is 16.5. The summed E-state index contributed by atoms with van der Waals surface area (Å²) in [7, 11) is 0. The Kier molecular flexibility index (Phi) is 6.03. The molecule has 0 amide bonds. The Morgan fingerprint density at radius 2 is 2.05 bits per heavy atom. The lowest BCUT2D eigenvalue weighted by molar-refractivity contribution is 0.0558. The fourth-order valence-corrected chi connectivity index (χ4v) is 3.13. The predicted octanol–water partition coefficient (Wildman–Crippen LogP) is 1.97. The molecule has 21 heavy (non-hydrogen) atoms. The SMILES string of the molecule is CC(C)N1CCN(Cc2ccccc2OCCO)CC1C. The Morgan fingerprint density at radius 3 is 2.71 bits per heavy atom. The summed E-state index contributed by atoms with van der Waals surface area (Å²) in [6.45, 7) is 11.5. The predicted molar refractivity (Wildman–Crippen MR) is 85.6 cm³/mol. The van der Waals surface area contributed by atoms with E-state index in [0.717, 1.165) is 31.9 Å². The molecule has 1 fully saturated rings. The Bertz CT molecular complexity index is 437. The Labute approximate surface area is 128 Å². The van der Waals surface area contributed by atoms with Gasteiger partial charge in [0, 0.05) is 43.8 Å². The molecule has 0 spiro atoms. The Morgan fingerprint density at radius 1 is 1.29 bits per heavy atom. The standard InChI is InChI=1S/C17H28N2O2/c1-14(2)19-9-8-18(12-15(19)3)13-16-6-4-5-7-17(16)21-11-10-20/h4-7,14-15,20H,8-13H2,1-3H3. The summed E-state index contributed by atoms with van der Waals surface area (Å²) < 4.78 is 5.63. The van der Waals surface area contributed by atoms with Gasteiger partial charge < -0.3 is 9.84 Å². The van der Waals surface area contributed by atoms with Gasteiger partial charge in [0.15, 0.2) is 0 Å². The van der Waals surface area contributed by atoms with Crippen molar-refractivity contribution >= 4 is 0 Å². The van der Waals surface area contributed by atoms with Crippen LogP contribution in [0.5, 0.6) is 5.75 Å². The van der Waals surface area contributed by atoms with Crippen LogP contribution in [0.1, 0.15) is 26.3 Å². The highest BCUT2D eigenvalue weighted by Crippen LogP contribution is 2.22. The van der Waals surface area contributed by atoms with Gasteiger partial charge in [-0.15, -0.1) is 0 Å². The van der Waals surface area contributed by atoms with E-state index < -0.39 is 0 Å². The van der Waals surface area contributed by atoms with Crippen molar-refractivity contribution in [3.05, 3.63) is 29.8 Å². The third kappa shape index (κ3) is 4.43. The van der Waals surface area contributed by atoms with Gasteiger partial charge in [-0.3, -0.25) is 9.80 Å². The van der Waals surface area contributed by atoms with Crippen LogP contribution in [0.3, 0.4) is 0 Å². The first-order valence-corrected chi connectivity index (χ1v) is 7.91. The fourth-order valence-electron chi connectivity index (χ4n) is 3.13. The van der Waals surface area contributed by atoms with Crippen molar-refractivity contribution in [3.8, 4) is 5.75 Å². The maximum absolute atomic E-state index is 8.91. The second-order valence-electron chi connectivity index (χ2n) is 6.10. The Hall–Kier alpha value is -1.10. The molecule has 0 saturated carbocycles. The molecule has 1 heterocycles. The minimum absolute atomic E-state index is 0.0540. The number of aliphatic hydroxyl groups excluding tert-OH is 1. The lowest BCUT2D eigenvalue weighted by Crippen LogP contribution is -2.53. The lowest BCUT2D eigenvalue weighted by Gasteiger charge is -2.42. The van der Waals surface area contributed by atoms with Gasteiger partial charge in [-0.1, -0.05) is 18.2 Å². The second-order valence-corrected chi connectivity index (χ2v) is 6.10. The van der Waals surface area contributed by atoms with E-state index in [0.29, 0.717) is 18.7 Å². The van der Waals surface area contributed by atoms with Crippen LogP contribution in [-0.2, 0) is 6.54 Å². The van der Waals surface area contributed by atoms with E-state index >= 15 is 0 Å². The molecule has 1 unspecified atom stereocenters. The molecule has 4 nitrogen and oxygen atoms in total. The van der Waals surface area contributed by atoms with Crippen LogP contribution in [0.15, 0.2) is 24.3 Å². The summed E-state index contributed by atoms with van der Waals surface area (Å²) in [5, 5.41) is 8.91. The van der Waals surface area contributed by atoms with Gasteiger partial charge in [-0.05, 0) is 26.8 Å². The van der Waals surface area contributed by atoms with Crippen molar-refractivity contribution in [3.63, 3.8) is 0 Å². The molecule has 1 aliphatic rings. The van der Waals surface area contributed by atoms with Crippen LogP contribution in [0, 0.1) is 0 Å². The summed E-state index contributed by atoms with van der Waals surface area (Å²) in [4.78, 5) is 5.05. The molecule has 0 aromatic heterocycles. The number of hydrogen-bond acceptors (Lipinski definition) is 4. The molecule has 0 aliphatic carbocycles. The maximum atomic E-state index is 8.91. The van der Waals surface area contributed by atoms with Gasteiger partial charge in [-0.2, -0.15) is 0 Å². The van der Waals surface area contributed by atoms with E-state index in [2.05, 4.69) is 42.7 Å². The van der Waals surface area contributed by atoms with Crippen LogP contribution in [0.25, 0.3) is 0 Å². The zero-order valence-corrected chi connectivity index (χ0v) is 13.5. The van der Waals surface area contributed by atoms with E-state index in [1.807, 2.05) is 12.1 Å². The van der Waals surface area contributed by atoms with Gasteiger partial charge in [0.1, 0.15) is 12.4 Å². The van der Waals surface area contributed by atoms with Gasteiger partial charge >= 0.3 is 0 Å². The van der Waals surface area contributed by atoms with Crippen molar-refractivity contribution < 1.29 is 9.84 Å². The van der Waals surface area contributed by atoms with Gasteiger partial charge in [0.05, 0.1) is 6.61 Å². The first-order chi connectivity index (χ1) is 10.1. The summed E-state index contributed by atoms with van der Waals surface area (Å²) in [6, 6.07) is 9.33. The van der Waals surface area contributed by atoms with Crippen molar-refractivity contribution in [1.29, 1.82) is 0 Å². The first kappa shape index (κ1) is 16.3. The second kappa shape index (κ2) is 7.78. The van der Waals surface area contributed by atoms with Crippen molar-refractivity contribution in [1.82, 2.24) is 9.80 Å². The molecule has 0 bridgehead atoms. The van der Waals surface area contributed by atoms with Crippen molar-refractivity contribution in [2.75, 3.05) is 32.8 Å². The van der Waals surface area contributed by atoms with Gasteiger partial charge in [0.25, 0.3) is 0 Å². The van der Waals surface area contributed by atoms with Crippen LogP contribution in [0.2, 0.25) is 0 Å². The lowest BCUT2D eigenvalue weighted by atomic mass is 10.1. The van der Waals surface area contributed by atoms with Crippen LogP contribution in [-0.4, -0.2) is 59.8 Å². The highest BCUT2D eigenvalue weighted by Gasteiger charge is 2.25. The number of aliphatic hydroxyl groups is 1. The summed E-state index contributed by atoms with van der Waals surface area (Å²) in [5.74, 6) is 0.894. The minimum Gasteiger partial charge on any atom is -0.491 e. The largest absolute Gasteiger partial charge is 0.491 e. The van der Waals surface area contributed by atoms with E-state index in [4.69, 9.17) is 9.84 Å². The molecule has 2 rings (SSSR count). The fraction of sp³-hybridized carbons (Fsp3) is 0.647. The molecule has 1 saturated heterocycles. The number of para-hydroxylation sites is 1. The summed E-state index contributed by atoms with van der Waals surface area (Å²) >= 11 is 0. The number of piperazine rings is 1. The quantitative estimate of drug-likeness (QED) is 0.869.